The molecular formula is C6H15N7O. The molecule has 80 valence electrons. The van der Waals surface area contributed by atoms with Crippen LogP contribution in [0.1, 0.15) is 13.8 Å². The van der Waals surface area contributed by atoms with E-state index in [2.05, 4.69) is 15.3 Å². The molecule has 0 saturated heterocycles. The highest BCUT2D eigenvalue weighted by Gasteiger charge is 2.36. The van der Waals surface area contributed by atoms with Gasteiger partial charge < -0.3 is 16.6 Å². The lowest BCUT2D eigenvalue weighted by Crippen LogP contribution is -2.60. The van der Waals surface area contributed by atoms with Gasteiger partial charge in [-0.2, -0.15) is 15.0 Å². The number of rotatable bonds is 2. The Bertz CT molecular complexity index is 266. The largest absolute Gasteiger partial charge is 0.369 e. The predicted molar refractivity (Wildman–Crippen MR) is 52.5 cm³/mol. The third-order valence-electron chi connectivity index (χ3n) is 1.70. The number of hydrazine groups is 1. The van der Waals surface area contributed by atoms with Crippen molar-refractivity contribution in [2.75, 3.05) is 0 Å². The van der Waals surface area contributed by atoms with E-state index in [0.717, 1.165) is 5.01 Å². The van der Waals surface area contributed by atoms with Crippen LogP contribution in [0.3, 0.4) is 0 Å². The monoisotopic (exact) mass is 201 g/mol. The fraction of sp³-hybridized carbons (Fsp3) is 0.667. The molecule has 0 bridgehead atoms. The van der Waals surface area contributed by atoms with E-state index in [-0.39, 0.29) is 18.0 Å². The Balaban J connectivity index is 2.98. The van der Waals surface area contributed by atoms with Gasteiger partial charge in [-0.3, -0.25) is 11.2 Å². The average Bonchev–Trinajstić information content (AvgIpc) is 1.99. The summed E-state index contributed by atoms with van der Waals surface area (Å²) >= 11 is 0. The van der Waals surface area contributed by atoms with E-state index in [1.54, 1.807) is 13.8 Å². The van der Waals surface area contributed by atoms with Gasteiger partial charge in [0.15, 0.2) is 0 Å². The van der Waals surface area contributed by atoms with Crippen molar-refractivity contribution in [3.05, 3.63) is 0 Å². The van der Waals surface area contributed by atoms with Crippen LogP contribution < -0.4 is 22.6 Å². The standard InChI is InChI=1S/C6H15N7O/c1-3(2)13(9)6(14)11-4(7)10-5(8)12-6/h3,14H,9H2,1-2H3,(H5,7,8,10,11,12). The lowest BCUT2D eigenvalue weighted by Gasteiger charge is -2.34. The summed E-state index contributed by atoms with van der Waals surface area (Å²) in [5, 5.41) is 13.4. The predicted octanol–water partition coefficient (Wildman–Crippen LogP) is -2.59. The maximum Gasteiger partial charge on any atom is 0.339 e. The quantitative estimate of drug-likeness (QED) is 0.189. The third kappa shape index (κ3) is 1.92. The van der Waals surface area contributed by atoms with Crippen molar-refractivity contribution in [2.24, 2.45) is 27.3 Å². The summed E-state index contributed by atoms with van der Waals surface area (Å²) in [5.74, 6) is 3.59. The summed E-state index contributed by atoms with van der Waals surface area (Å²) in [7, 11) is 0. The molecule has 0 spiro atoms. The minimum atomic E-state index is -1.92. The molecule has 1 rings (SSSR count). The molecule has 1 aliphatic rings. The summed E-state index contributed by atoms with van der Waals surface area (Å²) in [6.45, 7) is 3.55. The van der Waals surface area contributed by atoms with Crippen LogP contribution >= 0.6 is 0 Å². The molecule has 1 heterocycles. The van der Waals surface area contributed by atoms with Crippen LogP contribution in [0.5, 0.6) is 0 Å². The molecule has 0 saturated carbocycles. The van der Waals surface area contributed by atoms with E-state index < -0.39 is 5.97 Å². The third-order valence-corrected chi connectivity index (χ3v) is 1.70. The van der Waals surface area contributed by atoms with Crippen LogP contribution in [-0.4, -0.2) is 34.0 Å². The number of nitrogens with one attached hydrogen (secondary N) is 1. The van der Waals surface area contributed by atoms with Crippen molar-refractivity contribution in [3.8, 4) is 0 Å². The molecule has 0 atom stereocenters. The SMILES string of the molecule is CC(C)N(N)C1(O)N=C(N)NC(N)=N1. The minimum Gasteiger partial charge on any atom is -0.369 e. The first kappa shape index (κ1) is 10.7. The zero-order valence-electron chi connectivity index (χ0n) is 8.10. The van der Waals surface area contributed by atoms with Gasteiger partial charge in [-0.05, 0) is 13.8 Å². The fourth-order valence-corrected chi connectivity index (χ4v) is 0.997. The molecule has 8 N–H and O–H groups in total. The number of hydrogen-bond acceptors (Lipinski definition) is 8. The van der Waals surface area contributed by atoms with E-state index in [1.165, 1.54) is 0 Å². The zero-order chi connectivity index (χ0) is 10.9. The highest BCUT2D eigenvalue weighted by molar-refractivity contribution is 5.98. The Labute approximate surface area is 81.4 Å². The molecule has 0 aromatic carbocycles. The normalized spacial score (nSPS) is 20.4. The van der Waals surface area contributed by atoms with Gasteiger partial charge in [0.2, 0.25) is 11.9 Å². The van der Waals surface area contributed by atoms with Gasteiger partial charge in [-0.1, -0.05) is 0 Å². The van der Waals surface area contributed by atoms with Gasteiger partial charge in [0.05, 0.1) is 0 Å². The molecule has 8 heteroatoms. The Kier molecular flexibility index (Phi) is 2.60. The molecule has 0 radical (unpaired) electrons. The second-order valence-corrected chi connectivity index (χ2v) is 3.22. The Hall–Kier alpha value is -1.38. The molecule has 14 heavy (non-hydrogen) atoms. The molecular weight excluding hydrogens is 186 g/mol. The maximum absolute atomic E-state index is 9.88. The molecule has 0 aromatic rings. The summed E-state index contributed by atoms with van der Waals surface area (Å²) in [6.07, 6.45) is 0. The Morgan fingerprint density at radius 2 is 1.79 bits per heavy atom. The van der Waals surface area contributed by atoms with Crippen LogP contribution in [0.2, 0.25) is 0 Å². The van der Waals surface area contributed by atoms with Gasteiger partial charge >= 0.3 is 5.97 Å². The topological polar surface area (TPSA) is 138 Å². The van der Waals surface area contributed by atoms with Crippen molar-refractivity contribution < 1.29 is 5.11 Å². The number of aliphatic hydroxyl groups is 1. The maximum atomic E-state index is 9.88. The lowest BCUT2D eigenvalue weighted by molar-refractivity contribution is -0.113. The first-order chi connectivity index (χ1) is 6.35. The molecule has 0 amide bonds. The van der Waals surface area contributed by atoms with Crippen molar-refractivity contribution in [1.29, 1.82) is 0 Å². The van der Waals surface area contributed by atoms with E-state index in [1.807, 2.05) is 0 Å². The number of nitrogens with zero attached hydrogens (tertiary/aromatic N) is 3. The summed E-state index contributed by atoms with van der Waals surface area (Å²) in [5.41, 5.74) is 10.7. The Morgan fingerprint density at radius 3 is 2.14 bits per heavy atom. The van der Waals surface area contributed by atoms with E-state index >= 15 is 0 Å². The van der Waals surface area contributed by atoms with E-state index in [9.17, 15) is 5.11 Å². The van der Waals surface area contributed by atoms with Crippen molar-refractivity contribution in [1.82, 2.24) is 10.3 Å². The highest BCUT2D eigenvalue weighted by Crippen LogP contribution is 2.16. The van der Waals surface area contributed by atoms with Crippen molar-refractivity contribution >= 4 is 11.9 Å². The van der Waals surface area contributed by atoms with Crippen LogP contribution in [0.4, 0.5) is 0 Å². The van der Waals surface area contributed by atoms with Crippen molar-refractivity contribution in [2.45, 2.75) is 25.9 Å². The second-order valence-electron chi connectivity index (χ2n) is 3.22. The molecule has 0 aliphatic carbocycles. The fourth-order valence-electron chi connectivity index (χ4n) is 0.997. The lowest BCUT2D eigenvalue weighted by atomic mass is 10.4. The average molecular weight is 201 g/mol. The van der Waals surface area contributed by atoms with Crippen LogP contribution in [0, 0.1) is 0 Å². The molecule has 0 aromatic heterocycles. The number of nitrogens with two attached hydrogens (primary N) is 3. The number of guanidine groups is 2. The number of aliphatic imine (C=N–C) groups is 2. The first-order valence-electron chi connectivity index (χ1n) is 4.09. The van der Waals surface area contributed by atoms with Gasteiger partial charge in [-0.25, -0.2) is 0 Å². The van der Waals surface area contributed by atoms with Gasteiger partial charge in [0.1, 0.15) is 0 Å². The summed E-state index contributed by atoms with van der Waals surface area (Å²) < 4.78 is 0. The molecule has 0 unspecified atom stereocenters. The smallest absolute Gasteiger partial charge is 0.339 e. The molecule has 8 nitrogen and oxygen atoms in total. The van der Waals surface area contributed by atoms with Gasteiger partial charge in [0.25, 0.3) is 0 Å². The van der Waals surface area contributed by atoms with Crippen LogP contribution in [0.25, 0.3) is 0 Å². The van der Waals surface area contributed by atoms with Crippen LogP contribution in [-0.2, 0) is 0 Å². The van der Waals surface area contributed by atoms with Gasteiger partial charge in [0, 0.05) is 6.04 Å². The Morgan fingerprint density at radius 1 is 1.36 bits per heavy atom. The zero-order valence-corrected chi connectivity index (χ0v) is 8.10. The molecule has 1 aliphatic heterocycles. The van der Waals surface area contributed by atoms with Crippen molar-refractivity contribution in [3.63, 3.8) is 0 Å². The summed E-state index contributed by atoms with van der Waals surface area (Å²) in [6, 6.07) is -0.161. The second kappa shape index (κ2) is 3.40. The van der Waals surface area contributed by atoms with E-state index in [0.29, 0.717) is 0 Å². The summed E-state index contributed by atoms with van der Waals surface area (Å²) in [4.78, 5) is 7.32. The first-order valence-corrected chi connectivity index (χ1v) is 4.09. The minimum absolute atomic E-state index is 0.0314. The highest BCUT2D eigenvalue weighted by atomic mass is 16.4. The number of hydrogen-bond donors (Lipinski definition) is 5. The van der Waals surface area contributed by atoms with E-state index in [4.69, 9.17) is 17.3 Å². The van der Waals surface area contributed by atoms with Gasteiger partial charge in [-0.15, -0.1) is 0 Å². The van der Waals surface area contributed by atoms with Crippen LogP contribution in [0.15, 0.2) is 9.98 Å². The molecule has 0 fully saturated rings.